The Kier molecular flexibility index (Phi) is 6.81. The summed E-state index contributed by atoms with van der Waals surface area (Å²) in [4.78, 5) is 16.0. The van der Waals surface area contributed by atoms with Crippen LogP contribution in [-0.2, 0) is 4.79 Å². The van der Waals surface area contributed by atoms with Crippen molar-refractivity contribution in [2.24, 2.45) is 10.7 Å². The predicted octanol–water partition coefficient (Wildman–Crippen LogP) is 3.55. The maximum Gasteiger partial charge on any atom is 0.246 e. The molecule has 0 fully saturated rings. The number of rotatable bonds is 6. The van der Waals surface area contributed by atoms with Crippen LogP contribution in [0.5, 0.6) is 0 Å². The first-order valence-corrected chi connectivity index (χ1v) is 8.55. The van der Waals surface area contributed by atoms with Crippen LogP contribution in [0.15, 0.2) is 53.5 Å². The van der Waals surface area contributed by atoms with Crippen LogP contribution >= 0.6 is 0 Å². The summed E-state index contributed by atoms with van der Waals surface area (Å²) < 4.78 is 0. The third-order valence-electron chi connectivity index (χ3n) is 4.07. The molecule has 2 aromatic carbocycles. The Morgan fingerprint density at radius 1 is 1.19 bits per heavy atom. The van der Waals surface area contributed by atoms with Crippen molar-refractivity contribution in [3.05, 3.63) is 59.7 Å². The minimum Gasteiger partial charge on any atom is -0.370 e. The summed E-state index contributed by atoms with van der Waals surface area (Å²) in [6.45, 7) is 4.27. The average Bonchev–Trinajstić information content (AvgIpc) is 2.66. The first-order chi connectivity index (χ1) is 12.5. The van der Waals surface area contributed by atoms with Crippen LogP contribution in [0.1, 0.15) is 37.3 Å². The molecule has 0 saturated heterocycles. The van der Waals surface area contributed by atoms with Gasteiger partial charge in [-0.25, -0.2) is 4.99 Å². The first-order valence-electron chi connectivity index (χ1n) is 8.55. The van der Waals surface area contributed by atoms with E-state index in [1.807, 2.05) is 12.1 Å². The van der Waals surface area contributed by atoms with Gasteiger partial charge in [0.2, 0.25) is 5.91 Å². The Bertz CT molecular complexity index is 819. The molecule has 2 rings (SSSR count). The molecule has 4 N–H and O–H groups in total. The van der Waals surface area contributed by atoms with Gasteiger partial charge in [-0.1, -0.05) is 38.0 Å². The van der Waals surface area contributed by atoms with Crippen molar-refractivity contribution in [3.8, 4) is 12.3 Å². The summed E-state index contributed by atoms with van der Waals surface area (Å²) in [6.07, 6.45) is 6.44. The Balaban J connectivity index is 1.89. The molecule has 0 aliphatic rings. The summed E-state index contributed by atoms with van der Waals surface area (Å²) in [6, 6.07) is 15.1. The number of hydrogen-bond acceptors (Lipinski definition) is 2. The largest absolute Gasteiger partial charge is 0.370 e. The Hall–Kier alpha value is -3.26. The molecular weight excluding hydrogens is 324 g/mol. The Morgan fingerprint density at radius 2 is 1.92 bits per heavy atom. The number of carbonyl (C=O) groups excluding carboxylic acids is 1. The van der Waals surface area contributed by atoms with Crippen LogP contribution < -0.4 is 16.4 Å². The van der Waals surface area contributed by atoms with Gasteiger partial charge in [-0.15, -0.1) is 6.42 Å². The highest BCUT2D eigenvalue weighted by atomic mass is 16.1. The predicted molar refractivity (Wildman–Crippen MR) is 108 cm³/mol. The van der Waals surface area contributed by atoms with Crippen LogP contribution in [0.3, 0.4) is 0 Å². The van der Waals surface area contributed by atoms with Gasteiger partial charge in [0.25, 0.3) is 0 Å². The van der Waals surface area contributed by atoms with E-state index in [2.05, 4.69) is 47.5 Å². The maximum atomic E-state index is 12.0. The zero-order valence-corrected chi connectivity index (χ0v) is 15.1. The lowest BCUT2D eigenvalue weighted by Crippen LogP contribution is -2.25. The molecule has 0 saturated carbocycles. The van der Waals surface area contributed by atoms with E-state index in [-0.39, 0.29) is 18.4 Å². The lowest BCUT2D eigenvalue weighted by atomic mass is 9.99. The zero-order valence-electron chi connectivity index (χ0n) is 15.1. The van der Waals surface area contributed by atoms with Crippen molar-refractivity contribution < 1.29 is 4.79 Å². The van der Waals surface area contributed by atoms with Crippen LogP contribution in [0.2, 0.25) is 0 Å². The first kappa shape index (κ1) is 19.1. The van der Waals surface area contributed by atoms with Gasteiger partial charge < -0.3 is 16.4 Å². The van der Waals surface area contributed by atoms with Crippen LogP contribution in [0.25, 0.3) is 0 Å². The molecule has 1 unspecified atom stereocenters. The fourth-order valence-electron chi connectivity index (χ4n) is 2.36. The van der Waals surface area contributed by atoms with Gasteiger partial charge >= 0.3 is 0 Å². The number of hydrogen-bond donors (Lipinski definition) is 3. The molecule has 2 aromatic rings. The van der Waals surface area contributed by atoms with Crippen molar-refractivity contribution in [2.45, 2.75) is 26.2 Å². The molecule has 5 nitrogen and oxygen atoms in total. The van der Waals surface area contributed by atoms with Gasteiger partial charge in [-0.3, -0.25) is 4.79 Å². The van der Waals surface area contributed by atoms with Crippen LogP contribution in [0.4, 0.5) is 11.4 Å². The second kappa shape index (κ2) is 9.28. The third-order valence-corrected chi connectivity index (χ3v) is 4.07. The second-order valence-electron chi connectivity index (χ2n) is 6.03. The molecule has 0 bridgehead atoms. The van der Waals surface area contributed by atoms with E-state index in [0.717, 1.165) is 12.1 Å². The van der Waals surface area contributed by atoms with E-state index in [4.69, 9.17) is 12.2 Å². The van der Waals surface area contributed by atoms with Gasteiger partial charge in [-0.05, 0) is 48.2 Å². The number of nitrogens with zero attached hydrogens (tertiary/aromatic N) is 1. The summed E-state index contributed by atoms with van der Waals surface area (Å²) in [7, 11) is 0. The summed E-state index contributed by atoms with van der Waals surface area (Å²) in [5.74, 6) is 2.97. The number of guanidine groups is 1. The van der Waals surface area contributed by atoms with Crippen molar-refractivity contribution in [1.29, 1.82) is 0 Å². The number of aliphatic imine (C=N–C) groups is 1. The van der Waals surface area contributed by atoms with E-state index in [0.29, 0.717) is 17.2 Å². The quantitative estimate of drug-likeness (QED) is 0.424. The Morgan fingerprint density at radius 3 is 2.58 bits per heavy atom. The highest BCUT2D eigenvalue weighted by Crippen LogP contribution is 2.20. The molecule has 0 aliphatic carbocycles. The van der Waals surface area contributed by atoms with Crippen molar-refractivity contribution in [2.75, 3.05) is 17.2 Å². The van der Waals surface area contributed by atoms with E-state index < -0.39 is 0 Å². The third kappa shape index (κ3) is 5.67. The molecule has 0 spiro atoms. The van der Waals surface area contributed by atoms with E-state index in [1.165, 1.54) is 5.56 Å². The minimum atomic E-state index is -0.268. The molecule has 1 atom stereocenters. The number of benzene rings is 2. The number of nitrogens with two attached hydrogens (primary N) is 1. The topological polar surface area (TPSA) is 79.5 Å². The molecule has 0 heterocycles. The number of terminal acetylenes is 1. The highest BCUT2D eigenvalue weighted by molar-refractivity contribution is 5.97. The van der Waals surface area contributed by atoms with Gasteiger partial charge in [0, 0.05) is 16.9 Å². The number of carbonyl (C=O) groups is 1. The molecule has 0 aromatic heterocycles. The lowest BCUT2D eigenvalue weighted by Gasteiger charge is -2.11. The van der Waals surface area contributed by atoms with Gasteiger partial charge in [0.15, 0.2) is 5.96 Å². The normalized spacial score (nSPS) is 12.1. The zero-order chi connectivity index (χ0) is 18.9. The molecule has 5 heteroatoms. The molecule has 1 amide bonds. The number of anilines is 2. The fraction of sp³-hybridized carbons (Fsp3) is 0.238. The van der Waals surface area contributed by atoms with Gasteiger partial charge in [0.1, 0.15) is 6.54 Å². The molecule has 134 valence electrons. The van der Waals surface area contributed by atoms with E-state index >= 15 is 0 Å². The standard InChI is InChI=1S/C21H24N4O/c1-4-15(3)17-9-11-18(12-10-17)25-21(22)23-14-20(26)24-19-8-6-7-16(5-2)13-19/h2,6-13,15H,4,14H2,1,3H3,(H,24,26)(H3,22,23,25). The summed E-state index contributed by atoms with van der Waals surface area (Å²) in [5.41, 5.74) is 9.30. The Labute approximate surface area is 154 Å². The van der Waals surface area contributed by atoms with E-state index in [9.17, 15) is 4.79 Å². The molecular formula is C21H24N4O. The van der Waals surface area contributed by atoms with E-state index in [1.54, 1.807) is 24.3 Å². The van der Waals surface area contributed by atoms with Crippen molar-refractivity contribution in [3.63, 3.8) is 0 Å². The fourth-order valence-corrected chi connectivity index (χ4v) is 2.36. The average molecular weight is 348 g/mol. The van der Waals surface area contributed by atoms with Gasteiger partial charge in [0.05, 0.1) is 0 Å². The molecule has 0 aliphatic heterocycles. The minimum absolute atomic E-state index is 0.0793. The van der Waals surface area contributed by atoms with Crippen molar-refractivity contribution >= 4 is 23.2 Å². The van der Waals surface area contributed by atoms with Crippen molar-refractivity contribution in [1.82, 2.24) is 0 Å². The number of nitrogens with one attached hydrogen (secondary N) is 2. The second-order valence-corrected chi connectivity index (χ2v) is 6.03. The summed E-state index contributed by atoms with van der Waals surface area (Å²) in [5, 5.41) is 5.72. The van der Waals surface area contributed by atoms with Gasteiger partial charge in [-0.2, -0.15) is 0 Å². The maximum absolute atomic E-state index is 12.0. The summed E-state index contributed by atoms with van der Waals surface area (Å²) >= 11 is 0. The smallest absolute Gasteiger partial charge is 0.246 e. The lowest BCUT2D eigenvalue weighted by molar-refractivity contribution is -0.114. The molecule has 0 radical (unpaired) electrons. The highest BCUT2D eigenvalue weighted by Gasteiger charge is 2.04. The monoisotopic (exact) mass is 348 g/mol. The number of amides is 1. The SMILES string of the molecule is C#Cc1cccc(NC(=O)CN=C(N)Nc2ccc(C(C)CC)cc2)c1. The van der Waals surface area contributed by atoms with Crippen LogP contribution in [-0.4, -0.2) is 18.4 Å². The van der Waals surface area contributed by atoms with Crippen LogP contribution in [0, 0.1) is 12.3 Å². The molecule has 26 heavy (non-hydrogen) atoms.